The second-order valence-electron chi connectivity index (χ2n) is 3.22. The minimum absolute atomic E-state index is 0.0265. The van der Waals surface area contributed by atoms with Crippen LogP contribution in [0.5, 0.6) is 0 Å². The van der Waals surface area contributed by atoms with E-state index in [2.05, 4.69) is 5.32 Å². The van der Waals surface area contributed by atoms with Crippen LogP contribution in [0.15, 0.2) is 0 Å². The van der Waals surface area contributed by atoms with Crippen molar-refractivity contribution in [2.45, 2.75) is 32.1 Å². The summed E-state index contributed by atoms with van der Waals surface area (Å²) in [7, 11) is 3.06. The van der Waals surface area contributed by atoms with Gasteiger partial charge in [0.1, 0.15) is 0 Å². The van der Waals surface area contributed by atoms with Crippen molar-refractivity contribution in [1.29, 1.82) is 0 Å². The maximum atomic E-state index is 11.2. The second kappa shape index (κ2) is 7.73. The third-order valence-corrected chi connectivity index (χ3v) is 1.82. The zero-order valence-electron chi connectivity index (χ0n) is 9.08. The zero-order chi connectivity index (χ0) is 11.0. The fourth-order valence-corrected chi connectivity index (χ4v) is 0.907. The first-order chi connectivity index (χ1) is 6.60. The van der Waals surface area contributed by atoms with Crippen molar-refractivity contribution in [3.8, 4) is 0 Å². The van der Waals surface area contributed by atoms with Crippen molar-refractivity contribution < 1.29 is 14.3 Å². The smallest absolute Gasteiger partial charge is 0.220 e. The van der Waals surface area contributed by atoms with E-state index in [1.165, 1.54) is 14.2 Å². The summed E-state index contributed by atoms with van der Waals surface area (Å²) in [6, 6.07) is 0.0568. The minimum atomic E-state index is -0.380. The average molecular weight is 204 g/mol. The lowest BCUT2D eigenvalue weighted by Gasteiger charge is -2.14. The Labute approximate surface area is 84.9 Å². The van der Waals surface area contributed by atoms with Crippen molar-refractivity contribution in [2.24, 2.45) is 5.73 Å². The van der Waals surface area contributed by atoms with Crippen LogP contribution in [-0.2, 0) is 14.3 Å². The topological polar surface area (TPSA) is 73.6 Å². The molecule has 0 aromatic rings. The number of hydrogen-bond acceptors (Lipinski definition) is 4. The Balaban J connectivity index is 3.52. The quantitative estimate of drug-likeness (QED) is 0.566. The fourth-order valence-electron chi connectivity index (χ4n) is 0.907. The lowest BCUT2D eigenvalue weighted by Crippen LogP contribution is -2.34. The van der Waals surface area contributed by atoms with Gasteiger partial charge in [0.05, 0.1) is 6.54 Å². The van der Waals surface area contributed by atoms with Gasteiger partial charge in [0.15, 0.2) is 6.29 Å². The molecule has 0 aliphatic carbocycles. The SMILES string of the molecule is COC(CNC(=O)CCC(C)N)OC. The van der Waals surface area contributed by atoms with Crippen molar-refractivity contribution in [3.63, 3.8) is 0 Å². The third-order valence-electron chi connectivity index (χ3n) is 1.82. The molecule has 0 saturated heterocycles. The van der Waals surface area contributed by atoms with E-state index in [0.29, 0.717) is 19.4 Å². The predicted molar refractivity (Wildman–Crippen MR) is 53.7 cm³/mol. The zero-order valence-corrected chi connectivity index (χ0v) is 9.08. The largest absolute Gasteiger partial charge is 0.354 e. The number of rotatable bonds is 7. The maximum absolute atomic E-state index is 11.2. The molecule has 1 amide bonds. The molecule has 0 aliphatic rings. The van der Waals surface area contributed by atoms with E-state index in [0.717, 1.165) is 0 Å². The summed E-state index contributed by atoms with van der Waals surface area (Å²) in [5.74, 6) is -0.0265. The minimum Gasteiger partial charge on any atom is -0.354 e. The molecule has 0 fully saturated rings. The van der Waals surface area contributed by atoms with Crippen LogP contribution in [0.3, 0.4) is 0 Å². The molecule has 3 N–H and O–H groups in total. The van der Waals surface area contributed by atoms with E-state index in [1.54, 1.807) is 0 Å². The van der Waals surface area contributed by atoms with Gasteiger partial charge in [-0.25, -0.2) is 0 Å². The highest BCUT2D eigenvalue weighted by molar-refractivity contribution is 5.75. The molecule has 5 heteroatoms. The Hall–Kier alpha value is -0.650. The molecule has 0 aromatic carbocycles. The van der Waals surface area contributed by atoms with E-state index < -0.39 is 0 Å². The molecule has 0 aliphatic heterocycles. The van der Waals surface area contributed by atoms with Crippen LogP contribution in [0, 0.1) is 0 Å². The highest BCUT2D eigenvalue weighted by atomic mass is 16.7. The molecule has 1 unspecified atom stereocenters. The second-order valence-corrected chi connectivity index (χ2v) is 3.22. The third kappa shape index (κ3) is 6.82. The number of hydrogen-bond donors (Lipinski definition) is 2. The lowest BCUT2D eigenvalue weighted by molar-refractivity contribution is -0.127. The van der Waals surface area contributed by atoms with Gasteiger partial charge in [-0.05, 0) is 13.3 Å². The molecule has 0 saturated carbocycles. The molecule has 0 heterocycles. The number of nitrogens with two attached hydrogens (primary N) is 1. The van der Waals surface area contributed by atoms with Gasteiger partial charge in [0.25, 0.3) is 0 Å². The Kier molecular flexibility index (Phi) is 7.37. The van der Waals surface area contributed by atoms with Crippen molar-refractivity contribution >= 4 is 5.91 Å². The normalized spacial score (nSPS) is 12.9. The van der Waals surface area contributed by atoms with Gasteiger partial charge in [-0.2, -0.15) is 0 Å². The van der Waals surface area contributed by atoms with Gasteiger partial charge in [-0.1, -0.05) is 0 Å². The number of carbonyl (C=O) groups is 1. The molecule has 0 spiro atoms. The summed E-state index contributed by atoms with van der Waals surface area (Å²) >= 11 is 0. The first-order valence-electron chi connectivity index (χ1n) is 4.68. The highest BCUT2D eigenvalue weighted by Gasteiger charge is 2.08. The van der Waals surface area contributed by atoms with Crippen LogP contribution in [0.1, 0.15) is 19.8 Å². The first-order valence-corrected chi connectivity index (χ1v) is 4.68. The summed E-state index contributed by atoms with van der Waals surface area (Å²) < 4.78 is 9.83. The van der Waals surface area contributed by atoms with Crippen molar-refractivity contribution in [1.82, 2.24) is 5.32 Å². The van der Waals surface area contributed by atoms with Crippen LogP contribution in [0.4, 0.5) is 0 Å². The maximum Gasteiger partial charge on any atom is 0.220 e. The molecule has 1 atom stereocenters. The van der Waals surface area contributed by atoms with Gasteiger partial charge in [-0.15, -0.1) is 0 Å². The number of carbonyl (C=O) groups excluding carboxylic acids is 1. The number of methoxy groups -OCH3 is 2. The van der Waals surface area contributed by atoms with Crippen LogP contribution in [0.2, 0.25) is 0 Å². The Bertz CT molecular complexity index is 158. The highest BCUT2D eigenvalue weighted by Crippen LogP contribution is 1.94. The van der Waals surface area contributed by atoms with Crippen LogP contribution in [-0.4, -0.2) is 39.0 Å². The van der Waals surface area contributed by atoms with Gasteiger partial charge >= 0.3 is 0 Å². The Morgan fingerprint density at radius 3 is 2.43 bits per heavy atom. The Morgan fingerprint density at radius 1 is 1.43 bits per heavy atom. The summed E-state index contributed by atoms with van der Waals surface area (Å²) in [4.78, 5) is 11.2. The Morgan fingerprint density at radius 2 is 2.00 bits per heavy atom. The van der Waals surface area contributed by atoms with Crippen molar-refractivity contribution in [2.75, 3.05) is 20.8 Å². The molecule has 0 bridgehead atoms. The molecular weight excluding hydrogens is 184 g/mol. The van der Waals surface area contributed by atoms with Crippen molar-refractivity contribution in [3.05, 3.63) is 0 Å². The van der Waals surface area contributed by atoms with E-state index in [4.69, 9.17) is 15.2 Å². The van der Waals surface area contributed by atoms with Crippen LogP contribution < -0.4 is 11.1 Å². The standard InChI is InChI=1S/C9H20N2O3/c1-7(10)4-5-8(12)11-6-9(13-2)14-3/h7,9H,4-6,10H2,1-3H3,(H,11,12). The molecule has 0 radical (unpaired) electrons. The number of amides is 1. The van der Waals surface area contributed by atoms with Gasteiger partial charge < -0.3 is 20.5 Å². The molecule has 14 heavy (non-hydrogen) atoms. The van der Waals surface area contributed by atoms with Gasteiger partial charge in [0, 0.05) is 26.7 Å². The predicted octanol–water partition coefficient (Wildman–Crippen LogP) is -0.151. The molecule has 0 rings (SSSR count). The number of ether oxygens (including phenoxy) is 2. The van der Waals surface area contributed by atoms with E-state index in [1.807, 2.05) is 6.92 Å². The van der Waals surface area contributed by atoms with Gasteiger partial charge in [-0.3, -0.25) is 4.79 Å². The average Bonchev–Trinajstić information content (AvgIpc) is 2.16. The van der Waals surface area contributed by atoms with Crippen LogP contribution in [0.25, 0.3) is 0 Å². The summed E-state index contributed by atoms with van der Waals surface area (Å²) in [6.07, 6.45) is 0.753. The first kappa shape index (κ1) is 13.4. The summed E-state index contributed by atoms with van der Waals surface area (Å²) in [6.45, 7) is 2.24. The molecule has 0 aromatic heterocycles. The van der Waals surface area contributed by atoms with E-state index >= 15 is 0 Å². The lowest BCUT2D eigenvalue weighted by atomic mass is 10.2. The van der Waals surface area contributed by atoms with Crippen LogP contribution >= 0.6 is 0 Å². The number of nitrogens with one attached hydrogen (secondary N) is 1. The molecule has 5 nitrogen and oxygen atoms in total. The fraction of sp³-hybridized carbons (Fsp3) is 0.889. The van der Waals surface area contributed by atoms with Gasteiger partial charge in [0.2, 0.25) is 5.91 Å². The summed E-state index contributed by atoms with van der Waals surface area (Å²) in [5, 5.41) is 2.70. The monoisotopic (exact) mass is 204 g/mol. The van der Waals surface area contributed by atoms with E-state index in [-0.39, 0.29) is 18.2 Å². The summed E-state index contributed by atoms with van der Waals surface area (Å²) in [5.41, 5.74) is 5.52. The van der Waals surface area contributed by atoms with E-state index in [9.17, 15) is 4.79 Å². The molecular formula is C9H20N2O3. The molecule has 84 valence electrons.